The number of ketones is 1. The molecule has 0 aliphatic heterocycles. The van der Waals surface area contributed by atoms with E-state index in [-0.39, 0.29) is 5.04 Å². The summed E-state index contributed by atoms with van der Waals surface area (Å²) in [6.07, 6.45) is 2.17. The maximum absolute atomic E-state index is 11.5. The quantitative estimate of drug-likeness (QED) is 0.673. The molecule has 1 aliphatic rings. The van der Waals surface area contributed by atoms with Crippen LogP contribution in [-0.2, 0) is 9.22 Å². The molecule has 2 nitrogen and oxygen atoms in total. The molecule has 1 saturated carbocycles. The van der Waals surface area contributed by atoms with E-state index in [1.165, 1.54) is 0 Å². The molecule has 3 heteroatoms. The first-order chi connectivity index (χ1) is 6.24. The molecule has 0 amide bonds. The summed E-state index contributed by atoms with van der Waals surface area (Å²) in [6.45, 7) is 11.3. The summed E-state index contributed by atoms with van der Waals surface area (Å²) in [4.78, 5) is 11.5. The number of hydrogen-bond acceptors (Lipinski definition) is 2. The van der Waals surface area contributed by atoms with Crippen molar-refractivity contribution in [2.75, 3.05) is 6.61 Å². The minimum absolute atomic E-state index is 0.205. The monoisotopic (exact) mass is 214 g/mol. The third-order valence-electron chi connectivity index (χ3n) is 3.41. The number of hydrogen-bond donors (Lipinski definition) is 0. The number of carbonyl (C=O) groups excluding carboxylic acids is 1. The summed E-state index contributed by atoms with van der Waals surface area (Å²) in [5.41, 5.74) is 0. The second-order valence-electron chi connectivity index (χ2n) is 5.79. The maximum atomic E-state index is 11.5. The molecule has 0 N–H and O–H groups in total. The van der Waals surface area contributed by atoms with Crippen LogP contribution in [0.25, 0.3) is 0 Å². The zero-order valence-corrected chi connectivity index (χ0v) is 11.0. The summed E-state index contributed by atoms with van der Waals surface area (Å²) < 4.78 is 5.85. The predicted molar refractivity (Wildman–Crippen MR) is 60.9 cm³/mol. The lowest BCUT2D eigenvalue weighted by molar-refractivity contribution is -0.122. The highest BCUT2D eigenvalue weighted by molar-refractivity contribution is 6.74. The average Bonchev–Trinajstić information content (AvgIpc) is 2.80. The lowest BCUT2D eigenvalue weighted by atomic mass is 10.2. The van der Waals surface area contributed by atoms with Crippen LogP contribution in [-0.4, -0.2) is 20.7 Å². The Labute approximate surface area is 88.2 Å². The van der Waals surface area contributed by atoms with E-state index in [1.54, 1.807) is 0 Å². The molecule has 0 radical (unpaired) electrons. The molecule has 82 valence electrons. The minimum Gasteiger partial charge on any atom is -0.410 e. The summed E-state index contributed by atoms with van der Waals surface area (Å²) in [5, 5.41) is 0.205. The van der Waals surface area contributed by atoms with Gasteiger partial charge in [-0.25, -0.2) is 0 Å². The van der Waals surface area contributed by atoms with Gasteiger partial charge in [0.05, 0.1) is 6.61 Å². The normalized spacial score (nSPS) is 18.4. The summed E-state index contributed by atoms with van der Waals surface area (Å²) in [5.74, 6) is 0.648. The molecule has 1 rings (SSSR count). The zero-order chi connectivity index (χ0) is 11.0. The molecule has 0 aromatic heterocycles. The Balaban J connectivity index is 2.39. The minimum atomic E-state index is -1.71. The first-order valence-electron chi connectivity index (χ1n) is 5.41. The van der Waals surface area contributed by atoms with Crippen molar-refractivity contribution < 1.29 is 9.22 Å². The van der Waals surface area contributed by atoms with Crippen LogP contribution in [0.3, 0.4) is 0 Å². The largest absolute Gasteiger partial charge is 0.410 e. The Morgan fingerprint density at radius 2 is 1.86 bits per heavy atom. The molecule has 14 heavy (non-hydrogen) atoms. The van der Waals surface area contributed by atoms with Crippen LogP contribution in [0.4, 0.5) is 0 Å². The van der Waals surface area contributed by atoms with Crippen molar-refractivity contribution in [1.82, 2.24) is 0 Å². The van der Waals surface area contributed by atoms with Gasteiger partial charge in [-0.2, -0.15) is 0 Å². The van der Waals surface area contributed by atoms with Crippen molar-refractivity contribution in [3.63, 3.8) is 0 Å². The summed E-state index contributed by atoms with van der Waals surface area (Å²) >= 11 is 0. The van der Waals surface area contributed by atoms with Crippen molar-refractivity contribution in [2.24, 2.45) is 5.92 Å². The highest BCUT2D eigenvalue weighted by Crippen LogP contribution is 2.37. The van der Waals surface area contributed by atoms with E-state index in [4.69, 9.17) is 4.43 Å². The van der Waals surface area contributed by atoms with Gasteiger partial charge in [-0.05, 0) is 31.0 Å². The fourth-order valence-corrected chi connectivity index (χ4v) is 1.93. The molecule has 0 aromatic rings. The van der Waals surface area contributed by atoms with Gasteiger partial charge in [0.25, 0.3) is 0 Å². The van der Waals surface area contributed by atoms with Gasteiger partial charge in [-0.15, -0.1) is 0 Å². The molecular formula is C11H22O2Si. The van der Waals surface area contributed by atoms with Crippen molar-refractivity contribution >= 4 is 14.1 Å². The molecule has 0 bridgehead atoms. The molecule has 1 aliphatic carbocycles. The van der Waals surface area contributed by atoms with Crippen LogP contribution < -0.4 is 0 Å². The topological polar surface area (TPSA) is 26.3 Å². The predicted octanol–water partition coefficient (Wildman–Crippen LogP) is 2.99. The second kappa shape index (κ2) is 3.78. The first-order valence-corrected chi connectivity index (χ1v) is 8.31. The smallest absolute Gasteiger partial charge is 0.192 e. The number of Topliss-reactive ketones (excluding diaryl/α,β-unsaturated/α-hetero) is 1. The summed E-state index contributed by atoms with van der Waals surface area (Å²) in [7, 11) is -1.71. The molecule has 0 unspecified atom stereocenters. The van der Waals surface area contributed by atoms with Crippen molar-refractivity contribution in [1.29, 1.82) is 0 Å². The highest BCUT2D eigenvalue weighted by Gasteiger charge is 2.39. The van der Waals surface area contributed by atoms with Gasteiger partial charge < -0.3 is 4.43 Å². The van der Waals surface area contributed by atoms with Crippen molar-refractivity contribution in [3.05, 3.63) is 0 Å². The molecule has 0 atom stereocenters. The molecule has 0 spiro atoms. The van der Waals surface area contributed by atoms with Crippen LogP contribution in [0.2, 0.25) is 18.1 Å². The lowest BCUT2D eigenvalue weighted by Gasteiger charge is -2.35. The zero-order valence-electron chi connectivity index (χ0n) is 10.0. The van der Waals surface area contributed by atoms with Crippen LogP contribution in [0.15, 0.2) is 0 Å². The second-order valence-corrected chi connectivity index (χ2v) is 10.6. The van der Waals surface area contributed by atoms with E-state index in [0.29, 0.717) is 18.3 Å². The van der Waals surface area contributed by atoms with Crippen molar-refractivity contribution in [2.45, 2.75) is 51.7 Å². The highest BCUT2D eigenvalue weighted by atomic mass is 28.4. The van der Waals surface area contributed by atoms with Gasteiger partial charge in [-0.3, -0.25) is 4.79 Å². The van der Waals surface area contributed by atoms with Gasteiger partial charge in [0.15, 0.2) is 14.1 Å². The maximum Gasteiger partial charge on any atom is 0.192 e. The van der Waals surface area contributed by atoms with Crippen LogP contribution in [0.1, 0.15) is 33.6 Å². The Bertz CT molecular complexity index is 224. The molecule has 0 aromatic carbocycles. The van der Waals surface area contributed by atoms with E-state index in [0.717, 1.165) is 12.8 Å². The summed E-state index contributed by atoms with van der Waals surface area (Å²) in [6, 6.07) is 0. The van der Waals surface area contributed by atoms with E-state index >= 15 is 0 Å². The fraction of sp³-hybridized carbons (Fsp3) is 0.909. The SMILES string of the molecule is CC(C)(C)[Si](C)(C)OCC(=O)C1CC1. The van der Waals surface area contributed by atoms with Crippen molar-refractivity contribution in [3.8, 4) is 0 Å². The molecular weight excluding hydrogens is 192 g/mol. The Morgan fingerprint density at radius 3 is 2.21 bits per heavy atom. The van der Waals surface area contributed by atoms with Crippen LogP contribution in [0, 0.1) is 5.92 Å². The van der Waals surface area contributed by atoms with E-state index in [9.17, 15) is 4.79 Å². The third-order valence-corrected chi connectivity index (χ3v) is 7.89. The van der Waals surface area contributed by atoms with Gasteiger partial charge in [0, 0.05) is 5.92 Å². The molecule has 0 heterocycles. The van der Waals surface area contributed by atoms with E-state index in [1.807, 2.05) is 0 Å². The van der Waals surface area contributed by atoms with Crippen LogP contribution in [0.5, 0.6) is 0 Å². The van der Waals surface area contributed by atoms with Gasteiger partial charge in [0.1, 0.15) is 0 Å². The number of carbonyl (C=O) groups is 1. The standard InChI is InChI=1S/C11H22O2Si/c1-11(2,3)14(4,5)13-8-10(12)9-6-7-9/h9H,6-8H2,1-5H3. The fourth-order valence-electron chi connectivity index (χ4n) is 0.991. The van der Waals surface area contributed by atoms with E-state index in [2.05, 4.69) is 33.9 Å². The van der Waals surface area contributed by atoms with Gasteiger partial charge in [-0.1, -0.05) is 20.8 Å². The Hall–Kier alpha value is -0.153. The Kier molecular flexibility index (Phi) is 3.22. The number of rotatable bonds is 4. The lowest BCUT2D eigenvalue weighted by Crippen LogP contribution is -2.42. The van der Waals surface area contributed by atoms with E-state index < -0.39 is 8.32 Å². The third kappa shape index (κ3) is 2.92. The van der Waals surface area contributed by atoms with Crippen LogP contribution >= 0.6 is 0 Å². The molecule has 1 fully saturated rings. The van der Waals surface area contributed by atoms with Gasteiger partial charge >= 0.3 is 0 Å². The van der Waals surface area contributed by atoms with Gasteiger partial charge in [0.2, 0.25) is 0 Å². The first kappa shape index (κ1) is 11.9. The Morgan fingerprint density at radius 1 is 1.36 bits per heavy atom. The average molecular weight is 214 g/mol. The molecule has 0 saturated heterocycles.